The van der Waals surface area contributed by atoms with Crippen molar-refractivity contribution in [1.29, 1.82) is 0 Å². The van der Waals surface area contributed by atoms with E-state index in [2.05, 4.69) is 32.7 Å². The maximum Gasteiger partial charge on any atom is 0.270 e. The molecule has 2 fully saturated rings. The van der Waals surface area contributed by atoms with E-state index in [0.717, 1.165) is 17.6 Å². The molecular weight excluding hydrogens is 294 g/mol. The van der Waals surface area contributed by atoms with E-state index in [1.54, 1.807) is 0 Å². The maximum absolute atomic E-state index is 12.5. The lowest BCUT2D eigenvalue weighted by Gasteiger charge is -2.42. The van der Waals surface area contributed by atoms with Crippen molar-refractivity contribution in [2.45, 2.75) is 31.8 Å². The third kappa shape index (κ3) is 2.10. The summed E-state index contributed by atoms with van der Waals surface area (Å²) in [7, 11) is 0. The zero-order valence-corrected chi connectivity index (χ0v) is 12.1. The summed E-state index contributed by atoms with van der Waals surface area (Å²) in [5.41, 5.74) is 0.681. The van der Waals surface area contributed by atoms with Gasteiger partial charge in [-0.05, 0) is 48.3 Å². The fourth-order valence-electron chi connectivity index (χ4n) is 3.12. The number of amides is 1. The Morgan fingerprint density at radius 3 is 3.06 bits per heavy atom. The van der Waals surface area contributed by atoms with E-state index < -0.39 is 0 Å². The molecule has 98 valence electrons. The number of carbonyl (C=O) groups excluding carboxylic acids is 1. The van der Waals surface area contributed by atoms with Crippen LogP contribution in [0, 0.1) is 0 Å². The van der Waals surface area contributed by atoms with Crippen molar-refractivity contribution in [1.82, 2.24) is 14.8 Å². The molecular formula is C13H18BrN3O. The summed E-state index contributed by atoms with van der Waals surface area (Å²) in [5.74, 6) is 0.125. The molecule has 18 heavy (non-hydrogen) atoms. The van der Waals surface area contributed by atoms with Crippen LogP contribution in [0.3, 0.4) is 0 Å². The van der Waals surface area contributed by atoms with Crippen molar-refractivity contribution >= 4 is 21.8 Å². The monoisotopic (exact) mass is 311 g/mol. The minimum absolute atomic E-state index is 0.125. The van der Waals surface area contributed by atoms with Crippen molar-refractivity contribution < 1.29 is 4.79 Å². The van der Waals surface area contributed by atoms with E-state index in [1.165, 1.54) is 19.4 Å². The second-order valence-corrected chi connectivity index (χ2v) is 6.24. The van der Waals surface area contributed by atoms with Gasteiger partial charge in [0.15, 0.2) is 0 Å². The summed E-state index contributed by atoms with van der Waals surface area (Å²) in [6, 6.07) is 2.73. The molecule has 0 spiro atoms. The van der Waals surface area contributed by atoms with E-state index in [9.17, 15) is 4.79 Å². The van der Waals surface area contributed by atoms with Crippen LogP contribution in [0.5, 0.6) is 0 Å². The molecule has 5 heteroatoms. The topological polar surface area (TPSA) is 39.3 Å². The van der Waals surface area contributed by atoms with Crippen LogP contribution in [-0.4, -0.2) is 52.4 Å². The zero-order chi connectivity index (χ0) is 12.7. The summed E-state index contributed by atoms with van der Waals surface area (Å²) in [6.07, 6.45) is 4.31. The zero-order valence-electron chi connectivity index (χ0n) is 10.5. The highest BCUT2D eigenvalue weighted by molar-refractivity contribution is 9.10. The highest BCUT2D eigenvalue weighted by atomic mass is 79.9. The molecule has 1 aromatic heterocycles. The van der Waals surface area contributed by atoms with E-state index in [4.69, 9.17) is 0 Å². The molecule has 1 N–H and O–H groups in total. The van der Waals surface area contributed by atoms with Crippen molar-refractivity contribution in [3.05, 3.63) is 22.4 Å². The Balaban J connectivity index is 1.77. The first-order valence-corrected chi connectivity index (χ1v) is 7.33. The van der Waals surface area contributed by atoms with Gasteiger partial charge in [-0.25, -0.2) is 0 Å². The minimum Gasteiger partial charge on any atom is -0.356 e. The Morgan fingerprint density at radius 1 is 1.50 bits per heavy atom. The number of piperazine rings is 1. The van der Waals surface area contributed by atoms with Crippen molar-refractivity contribution in [3.63, 3.8) is 0 Å². The largest absolute Gasteiger partial charge is 0.356 e. The lowest BCUT2D eigenvalue weighted by atomic mass is 10.1. The molecule has 0 radical (unpaired) electrons. The van der Waals surface area contributed by atoms with Gasteiger partial charge in [-0.2, -0.15) is 0 Å². The molecule has 0 bridgehead atoms. The molecule has 3 rings (SSSR count). The average molecular weight is 312 g/mol. The van der Waals surface area contributed by atoms with E-state index >= 15 is 0 Å². The molecule has 2 aliphatic heterocycles. The van der Waals surface area contributed by atoms with Gasteiger partial charge in [0.05, 0.1) is 0 Å². The fourth-order valence-corrected chi connectivity index (χ4v) is 3.46. The van der Waals surface area contributed by atoms with Crippen molar-refractivity contribution in [2.24, 2.45) is 0 Å². The van der Waals surface area contributed by atoms with Crippen LogP contribution in [0.2, 0.25) is 0 Å². The molecule has 4 nitrogen and oxygen atoms in total. The second kappa shape index (κ2) is 4.70. The number of hydrogen-bond acceptors (Lipinski definition) is 2. The highest BCUT2D eigenvalue weighted by Crippen LogP contribution is 2.25. The molecule has 3 heterocycles. The summed E-state index contributed by atoms with van der Waals surface area (Å²) < 4.78 is 0.929. The fraction of sp³-hybridized carbons (Fsp3) is 0.615. The number of H-pyrrole nitrogens is 1. The first-order chi connectivity index (χ1) is 8.65. The Hall–Kier alpha value is -0.810. The quantitative estimate of drug-likeness (QED) is 0.862. The standard InChI is InChI=1S/C13H18BrN3O/c1-9-7-16-4-2-3-11(16)8-17(9)13(18)12-5-10(14)6-15-12/h5-6,9,11,15H,2-4,7-8H2,1H3. The Bertz CT molecular complexity index is 459. The predicted molar refractivity (Wildman–Crippen MR) is 73.6 cm³/mol. The van der Waals surface area contributed by atoms with Crippen LogP contribution >= 0.6 is 15.9 Å². The number of nitrogens with one attached hydrogen (secondary N) is 1. The van der Waals surface area contributed by atoms with E-state index in [-0.39, 0.29) is 5.91 Å². The maximum atomic E-state index is 12.5. The van der Waals surface area contributed by atoms with E-state index in [1.807, 2.05) is 17.2 Å². The first-order valence-electron chi connectivity index (χ1n) is 6.54. The third-order valence-corrected chi connectivity index (χ3v) is 4.53. The van der Waals surface area contributed by atoms with Gasteiger partial charge in [0.1, 0.15) is 5.69 Å². The molecule has 0 aliphatic carbocycles. The number of hydrogen-bond donors (Lipinski definition) is 1. The Labute approximate surface area is 115 Å². The van der Waals surface area contributed by atoms with Gasteiger partial charge >= 0.3 is 0 Å². The number of rotatable bonds is 1. The molecule has 0 aromatic carbocycles. The number of aromatic nitrogens is 1. The third-order valence-electron chi connectivity index (χ3n) is 4.08. The van der Waals surface area contributed by atoms with Crippen LogP contribution in [0.1, 0.15) is 30.3 Å². The highest BCUT2D eigenvalue weighted by Gasteiger charge is 2.36. The van der Waals surface area contributed by atoms with Gasteiger partial charge in [0.25, 0.3) is 5.91 Å². The van der Waals surface area contributed by atoms with Gasteiger partial charge in [-0.1, -0.05) is 0 Å². The molecule has 2 atom stereocenters. The Morgan fingerprint density at radius 2 is 2.33 bits per heavy atom. The molecule has 1 aromatic rings. The van der Waals surface area contributed by atoms with Gasteiger partial charge < -0.3 is 9.88 Å². The summed E-state index contributed by atoms with van der Waals surface area (Å²) in [5, 5.41) is 0. The molecule has 1 amide bonds. The first kappa shape index (κ1) is 12.2. The number of carbonyl (C=O) groups is 1. The summed E-state index contributed by atoms with van der Waals surface area (Å²) in [6.45, 7) is 5.23. The van der Waals surface area contributed by atoms with Crippen LogP contribution in [0.25, 0.3) is 0 Å². The van der Waals surface area contributed by atoms with Crippen LogP contribution in [-0.2, 0) is 0 Å². The van der Waals surface area contributed by atoms with Crippen LogP contribution in [0.15, 0.2) is 16.7 Å². The molecule has 0 saturated carbocycles. The lowest BCUT2D eigenvalue weighted by molar-refractivity contribution is 0.0391. The van der Waals surface area contributed by atoms with Gasteiger partial charge in [0, 0.05) is 35.8 Å². The normalized spacial score (nSPS) is 28.4. The predicted octanol–water partition coefficient (Wildman–Crippen LogP) is 2.09. The minimum atomic E-state index is 0.125. The number of nitrogens with zero attached hydrogens (tertiary/aromatic N) is 2. The van der Waals surface area contributed by atoms with Crippen molar-refractivity contribution in [3.8, 4) is 0 Å². The lowest BCUT2D eigenvalue weighted by Crippen LogP contribution is -2.56. The summed E-state index contributed by atoms with van der Waals surface area (Å²) in [4.78, 5) is 20.0. The van der Waals surface area contributed by atoms with Crippen LogP contribution < -0.4 is 0 Å². The van der Waals surface area contributed by atoms with E-state index in [0.29, 0.717) is 17.8 Å². The number of fused-ring (bicyclic) bond motifs is 1. The average Bonchev–Trinajstić information content (AvgIpc) is 2.95. The molecule has 2 saturated heterocycles. The SMILES string of the molecule is CC1CN2CCCC2CN1C(=O)c1cc(Br)c[nH]1. The molecule has 2 aliphatic rings. The second-order valence-electron chi connectivity index (χ2n) is 5.33. The smallest absolute Gasteiger partial charge is 0.270 e. The van der Waals surface area contributed by atoms with Gasteiger partial charge in [-0.15, -0.1) is 0 Å². The number of halogens is 1. The van der Waals surface area contributed by atoms with Crippen LogP contribution in [0.4, 0.5) is 0 Å². The Kier molecular flexibility index (Phi) is 3.20. The number of aromatic amines is 1. The van der Waals surface area contributed by atoms with Crippen molar-refractivity contribution in [2.75, 3.05) is 19.6 Å². The van der Waals surface area contributed by atoms with Gasteiger partial charge in [0.2, 0.25) is 0 Å². The van der Waals surface area contributed by atoms with Gasteiger partial charge in [-0.3, -0.25) is 9.69 Å². The molecule has 2 unspecified atom stereocenters. The summed E-state index contributed by atoms with van der Waals surface area (Å²) >= 11 is 3.37.